The number of hydrogen-bond donors (Lipinski definition) is 1. The molecule has 122 valence electrons. The summed E-state index contributed by atoms with van der Waals surface area (Å²) in [6.45, 7) is 1.62. The topological polar surface area (TPSA) is 55.7 Å². The van der Waals surface area contributed by atoms with Crippen LogP contribution in [0, 0.1) is 0 Å². The van der Waals surface area contributed by atoms with Gasteiger partial charge in [-0.25, -0.2) is 4.98 Å². The fourth-order valence-corrected chi connectivity index (χ4v) is 2.53. The second-order valence-corrected chi connectivity index (χ2v) is 5.40. The summed E-state index contributed by atoms with van der Waals surface area (Å²) in [6.07, 6.45) is -2.68. The molecule has 1 unspecified atom stereocenters. The van der Waals surface area contributed by atoms with Crippen molar-refractivity contribution in [3.63, 3.8) is 0 Å². The van der Waals surface area contributed by atoms with Crippen molar-refractivity contribution in [3.05, 3.63) is 41.1 Å². The van der Waals surface area contributed by atoms with E-state index in [0.29, 0.717) is 21.6 Å². The van der Waals surface area contributed by atoms with Crippen molar-refractivity contribution in [2.75, 3.05) is 7.11 Å². The number of ether oxygens (including phenoxy) is 1. The van der Waals surface area contributed by atoms with E-state index in [0.717, 1.165) is 6.20 Å². The van der Waals surface area contributed by atoms with Gasteiger partial charge in [0, 0.05) is 24.4 Å². The van der Waals surface area contributed by atoms with Gasteiger partial charge in [-0.1, -0.05) is 11.6 Å². The number of alkyl halides is 3. The molecule has 23 heavy (non-hydrogen) atoms. The Morgan fingerprint density at radius 2 is 2.09 bits per heavy atom. The Labute approximate surface area is 134 Å². The highest BCUT2D eigenvalue weighted by Gasteiger charge is 2.35. The summed E-state index contributed by atoms with van der Waals surface area (Å²) in [6, 6.07) is 3.23. The first-order valence-electron chi connectivity index (χ1n) is 6.63. The van der Waals surface area contributed by atoms with E-state index >= 15 is 0 Å². The lowest BCUT2D eigenvalue weighted by atomic mass is 10.2. The van der Waals surface area contributed by atoms with Gasteiger partial charge in [-0.15, -0.1) is 0 Å². The molecule has 1 N–H and O–H groups in total. The zero-order valence-electron chi connectivity index (χ0n) is 12.1. The standard InChI is InChI=1S/C14H12ClF3N4O/c1-7(23-2)13-20-11(14(16,17)18)6-22(13)9-3-8-5-19-21-12(8)10(15)4-9/h3-7H,1-2H3,(H,19,21). The maximum absolute atomic E-state index is 13.0. The Kier molecular flexibility index (Phi) is 3.81. The monoisotopic (exact) mass is 344 g/mol. The lowest BCUT2D eigenvalue weighted by Crippen LogP contribution is -2.07. The first kappa shape index (κ1) is 15.8. The van der Waals surface area contributed by atoms with E-state index in [2.05, 4.69) is 15.2 Å². The highest BCUT2D eigenvalue weighted by Crippen LogP contribution is 2.33. The molecule has 0 aliphatic heterocycles. The summed E-state index contributed by atoms with van der Waals surface area (Å²) < 4.78 is 45.4. The number of fused-ring (bicyclic) bond motifs is 1. The molecule has 0 aliphatic rings. The Hall–Kier alpha value is -2.06. The van der Waals surface area contributed by atoms with Crippen molar-refractivity contribution in [1.29, 1.82) is 0 Å². The summed E-state index contributed by atoms with van der Waals surface area (Å²) >= 11 is 6.16. The van der Waals surface area contributed by atoms with Gasteiger partial charge in [-0.05, 0) is 19.1 Å². The van der Waals surface area contributed by atoms with Gasteiger partial charge in [0.2, 0.25) is 0 Å². The van der Waals surface area contributed by atoms with E-state index in [1.165, 1.54) is 11.7 Å². The van der Waals surface area contributed by atoms with Gasteiger partial charge in [0.25, 0.3) is 0 Å². The summed E-state index contributed by atoms with van der Waals surface area (Å²) in [5, 5.41) is 7.65. The maximum Gasteiger partial charge on any atom is 0.434 e. The molecule has 3 rings (SSSR count). The van der Waals surface area contributed by atoms with Crippen LogP contribution in [0.4, 0.5) is 13.2 Å². The van der Waals surface area contributed by atoms with Crippen LogP contribution >= 0.6 is 11.6 Å². The molecule has 0 radical (unpaired) electrons. The van der Waals surface area contributed by atoms with Gasteiger partial charge in [-0.2, -0.15) is 18.3 Å². The van der Waals surface area contributed by atoms with Gasteiger partial charge in [0.15, 0.2) is 5.69 Å². The van der Waals surface area contributed by atoms with E-state index in [1.807, 2.05) is 0 Å². The smallest absolute Gasteiger partial charge is 0.374 e. The van der Waals surface area contributed by atoms with Crippen molar-refractivity contribution >= 4 is 22.5 Å². The number of rotatable bonds is 3. The van der Waals surface area contributed by atoms with Gasteiger partial charge < -0.3 is 9.30 Å². The molecule has 0 bridgehead atoms. The summed E-state index contributed by atoms with van der Waals surface area (Å²) in [4.78, 5) is 3.67. The van der Waals surface area contributed by atoms with E-state index in [4.69, 9.17) is 16.3 Å². The number of methoxy groups -OCH3 is 1. The molecule has 0 saturated carbocycles. The number of aromatic nitrogens is 4. The van der Waals surface area contributed by atoms with Gasteiger partial charge in [0.05, 0.1) is 16.7 Å². The lowest BCUT2D eigenvalue weighted by Gasteiger charge is -2.13. The first-order valence-corrected chi connectivity index (χ1v) is 7.01. The number of imidazole rings is 1. The van der Waals surface area contributed by atoms with Crippen LogP contribution < -0.4 is 0 Å². The van der Waals surface area contributed by atoms with Gasteiger partial charge >= 0.3 is 6.18 Å². The van der Waals surface area contributed by atoms with E-state index in [1.54, 1.807) is 25.3 Å². The molecule has 0 amide bonds. The van der Waals surface area contributed by atoms with Crippen molar-refractivity contribution < 1.29 is 17.9 Å². The third-order valence-electron chi connectivity index (χ3n) is 3.50. The van der Waals surface area contributed by atoms with Crippen molar-refractivity contribution in [3.8, 4) is 5.69 Å². The van der Waals surface area contributed by atoms with Gasteiger partial charge in [-0.3, -0.25) is 5.10 Å². The van der Waals surface area contributed by atoms with Crippen LogP contribution in [0.2, 0.25) is 5.02 Å². The second kappa shape index (κ2) is 5.54. The molecule has 0 saturated heterocycles. The number of hydrogen-bond acceptors (Lipinski definition) is 3. The normalized spacial score (nSPS) is 13.7. The Morgan fingerprint density at radius 1 is 1.35 bits per heavy atom. The quantitative estimate of drug-likeness (QED) is 0.777. The summed E-state index contributed by atoms with van der Waals surface area (Å²) in [5.41, 5.74) is 0.0820. The average molecular weight is 345 g/mol. The third-order valence-corrected chi connectivity index (χ3v) is 3.80. The molecule has 2 aromatic heterocycles. The number of benzene rings is 1. The Morgan fingerprint density at radius 3 is 2.74 bits per heavy atom. The van der Waals surface area contributed by atoms with E-state index in [9.17, 15) is 13.2 Å². The molecular weight excluding hydrogens is 333 g/mol. The number of nitrogens with zero attached hydrogens (tertiary/aromatic N) is 3. The maximum atomic E-state index is 13.0. The highest BCUT2D eigenvalue weighted by molar-refractivity contribution is 6.35. The molecule has 1 atom stereocenters. The van der Waals surface area contributed by atoms with Crippen molar-refractivity contribution in [1.82, 2.24) is 19.7 Å². The van der Waals surface area contributed by atoms with Crippen LogP contribution in [0.3, 0.4) is 0 Å². The number of H-pyrrole nitrogens is 1. The largest absolute Gasteiger partial charge is 0.434 e. The van der Waals surface area contributed by atoms with Crippen molar-refractivity contribution in [2.45, 2.75) is 19.2 Å². The molecule has 0 fully saturated rings. The molecule has 5 nitrogen and oxygen atoms in total. The Balaban J connectivity index is 2.21. The molecule has 2 heterocycles. The molecular formula is C14H12ClF3N4O. The van der Waals surface area contributed by atoms with Crippen LogP contribution in [-0.2, 0) is 10.9 Å². The zero-order valence-corrected chi connectivity index (χ0v) is 12.9. The zero-order chi connectivity index (χ0) is 16.8. The number of aromatic amines is 1. The molecule has 1 aromatic carbocycles. The minimum Gasteiger partial charge on any atom is -0.374 e. The van der Waals surface area contributed by atoms with Gasteiger partial charge in [0.1, 0.15) is 11.9 Å². The van der Waals surface area contributed by atoms with Crippen LogP contribution in [0.1, 0.15) is 24.5 Å². The fraction of sp³-hybridized carbons (Fsp3) is 0.286. The first-order chi connectivity index (χ1) is 10.8. The molecule has 9 heteroatoms. The molecule has 0 spiro atoms. The van der Waals surface area contributed by atoms with E-state index in [-0.39, 0.29) is 5.82 Å². The Bertz CT molecular complexity index is 855. The third kappa shape index (κ3) is 2.79. The molecule has 3 aromatic rings. The molecule has 0 aliphatic carbocycles. The van der Waals surface area contributed by atoms with Crippen LogP contribution in [0.25, 0.3) is 16.6 Å². The van der Waals surface area contributed by atoms with Crippen molar-refractivity contribution in [2.24, 2.45) is 0 Å². The lowest BCUT2D eigenvalue weighted by molar-refractivity contribution is -0.141. The average Bonchev–Trinajstić information content (AvgIpc) is 3.12. The SMILES string of the molecule is COC(C)c1nc(C(F)(F)F)cn1-c1cc(Cl)c2[nH]ncc2c1. The van der Waals surface area contributed by atoms with Crippen LogP contribution in [0.15, 0.2) is 24.5 Å². The minimum absolute atomic E-state index is 0.138. The predicted octanol–water partition coefficient (Wildman–Crippen LogP) is 4.13. The second-order valence-electron chi connectivity index (χ2n) is 4.99. The number of halogens is 4. The number of nitrogens with one attached hydrogen (secondary N) is 1. The fourth-order valence-electron chi connectivity index (χ4n) is 2.27. The summed E-state index contributed by atoms with van der Waals surface area (Å²) in [5.74, 6) is 0.138. The minimum atomic E-state index is -4.54. The predicted molar refractivity (Wildman–Crippen MR) is 78.7 cm³/mol. The van der Waals surface area contributed by atoms with Crippen LogP contribution in [0.5, 0.6) is 0 Å². The van der Waals surface area contributed by atoms with Crippen LogP contribution in [-0.4, -0.2) is 26.9 Å². The summed E-state index contributed by atoms with van der Waals surface area (Å²) in [7, 11) is 1.41. The highest BCUT2D eigenvalue weighted by atomic mass is 35.5. The van der Waals surface area contributed by atoms with E-state index < -0.39 is 18.0 Å².